The highest BCUT2D eigenvalue weighted by atomic mass is 35.5. The molecule has 0 atom stereocenters. The number of anilines is 3. The summed E-state index contributed by atoms with van der Waals surface area (Å²) < 4.78 is 5.77. The van der Waals surface area contributed by atoms with Crippen LogP contribution in [-0.2, 0) is 4.79 Å². The number of carbonyl (C=O) groups excluding carboxylic acids is 2. The number of halogens is 1. The normalized spacial score (nSPS) is 15.5. The van der Waals surface area contributed by atoms with E-state index in [1.807, 2.05) is 13.8 Å². The van der Waals surface area contributed by atoms with Gasteiger partial charge in [-0.1, -0.05) is 17.7 Å². The molecular formula is C19H20ClN3O3. The van der Waals surface area contributed by atoms with Crippen molar-refractivity contribution in [2.75, 3.05) is 29.2 Å². The second-order valence-electron chi connectivity index (χ2n) is 6.81. The molecule has 1 aliphatic heterocycles. The van der Waals surface area contributed by atoms with E-state index in [-0.39, 0.29) is 5.91 Å². The van der Waals surface area contributed by atoms with Crippen molar-refractivity contribution in [2.45, 2.75) is 13.8 Å². The maximum Gasteiger partial charge on any atom is 0.323 e. The highest BCUT2D eigenvalue weighted by Gasteiger charge is 2.36. The molecule has 0 spiro atoms. The number of nitrogens with one attached hydrogen (secondary N) is 2. The monoisotopic (exact) mass is 373 g/mol. The summed E-state index contributed by atoms with van der Waals surface area (Å²) in [6, 6.07) is 11.7. The summed E-state index contributed by atoms with van der Waals surface area (Å²) in [5.74, 6) is 0.559. The number of nitrogens with zero attached hydrogens (tertiary/aromatic N) is 1. The molecule has 0 aliphatic carbocycles. The molecule has 26 heavy (non-hydrogen) atoms. The van der Waals surface area contributed by atoms with Crippen molar-refractivity contribution in [2.24, 2.45) is 5.41 Å². The quantitative estimate of drug-likeness (QED) is 0.821. The van der Waals surface area contributed by atoms with Crippen LogP contribution in [0.3, 0.4) is 0 Å². The van der Waals surface area contributed by atoms with Gasteiger partial charge in [-0.15, -0.1) is 0 Å². The zero-order valence-electron chi connectivity index (χ0n) is 14.8. The van der Waals surface area contributed by atoms with Gasteiger partial charge in [0.2, 0.25) is 5.91 Å². The molecule has 2 aromatic carbocycles. The fourth-order valence-corrected chi connectivity index (χ4v) is 2.91. The first-order chi connectivity index (χ1) is 12.3. The number of fused-ring (bicyclic) bond motifs is 1. The zero-order chi connectivity index (χ0) is 18.9. The van der Waals surface area contributed by atoms with Gasteiger partial charge in [0.15, 0.2) is 0 Å². The summed E-state index contributed by atoms with van der Waals surface area (Å²) in [6.07, 6.45) is 0. The molecule has 0 saturated heterocycles. The number of ether oxygens (including phenoxy) is 1. The van der Waals surface area contributed by atoms with Gasteiger partial charge in [0.05, 0.1) is 11.1 Å². The molecule has 0 bridgehead atoms. The Bertz CT molecular complexity index is 867. The van der Waals surface area contributed by atoms with E-state index in [1.54, 1.807) is 54.4 Å². The summed E-state index contributed by atoms with van der Waals surface area (Å²) in [7, 11) is 1.70. The highest BCUT2D eigenvalue weighted by Crippen LogP contribution is 2.37. The molecule has 0 unspecified atom stereocenters. The molecule has 0 radical (unpaired) electrons. The first-order valence-electron chi connectivity index (χ1n) is 8.15. The Morgan fingerprint density at radius 2 is 1.85 bits per heavy atom. The van der Waals surface area contributed by atoms with Gasteiger partial charge < -0.3 is 20.3 Å². The number of carbonyl (C=O) groups is 2. The number of hydrogen-bond acceptors (Lipinski definition) is 3. The van der Waals surface area contributed by atoms with Gasteiger partial charge in [-0.2, -0.15) is 0 Å². The van der Waals surface area contributed by atoms with Crippen LogP contribution in [-0.4, -0.2) is 25.6 Å². The molecule has 136 valence electrons. The van der Waals surface area contributed by atoms with Crippen molar-refractivity contribution in [1.29, 1.82) is 0 Å². The number of urea groups is 1. The minimum absolute atomic E-state index is 0.0446. The van der Waals surface area contributed by atoms with Crippen molar-refractivity contribution in [1.82, 2.24) is 0 Å². The third-order valence-corrected chi connectivity index (χ3v) is 4.37. The Labute approximate surface area is 157 Å². The predicted octanol–water partition coefficient (Wildman–Crippen LogP) is 4.37. The Hall–Kier alpha value is -2.73. The molecular weight excluding hydrogens is 354 g/mol. The minimum atomic E-state index is -0.620. The van der Waals surface area contributed by atoms with Crippen molar-refractivity contribution < 1.29 is 14.3 Å². The van der Waals surface area contributed by atoms with E-state index >= 15 is 0 Å². The van der Waals surface area contributed by atoms with Gasteiger partial charge >= 0.3 is 6.03 Å². The molecule has 3 amide bonds. The number of hydrogen-bond donors (Lipinski definition) is 2. The smallest absolute Gasteiger partial charge is 0.323 e. The van der Waals surface area contributed by atoms with Gasteiger partial charge in [0.1, 0.15) is 12.4 Å². The Morgan fingerprint density at radius 1 is 1.15 bits per heavy atom. The third-order valence-electron chi connectivity index (χ3n) is 4.13. The van der Waals surface area contributed by atoms with E-state index in [0.29, 0.717) is 34.4 Å². The number of benzene rings is 2. The first kappa shape index (κ1) is 18.1. The fraction of sp³-hybridized carbons (Fsp3) is 0.263. The molecule has 0 aromatic heterocycles. The topological polar surface area (TPSA) is 70.7 Å². The fourth-order valence-electron chi connectivity index (χ4n) is 2.72. The molecule has 3 rings (SSSR count). The maximum atomic E-state index is 12.6. The van der Waals surface area contributed by atoms with Crippen LogP contribution in [0.1, 0.15) is 13.8 Å². The lowest BCUT2D eigenvalue weighted by molar-refractivity contribution is -0.127. The summed E-state index contributed by atoms with van der Waals surface area (Å²) in [5.41, 5.74) is 1.13. The molecule has 6 nitrogen and oxygen atoms in total. The lowest BCUT2D eigenvalue weighted by Gasteiger charge is -2.24. The van der Waals surface area contributed by atoms with Gasteiger partial charge in [0, 0.05) is 23.4 Å². The Morgan fingerprint density at radius 3 is 2.54 bits per heavy atom. The second-order valence-corrected chi connectivity index (χ2v) is 7.25. The van der Waals surface area contributed by atoms with Crippen LogP contribution in [0.15, 0.2) is 42.5 Å². The van der Waals surface area contributed by atoms with Crippen LogP contribution in [0.5, 0.6) is 5.75 Å². The van der Waals surface area contributed by atoms with Crippen LogP contribution in [0.2, 0.25) is 5.02 Å². The maximum absolute atomic E-state index is 12.6. The van der Waals surface area contributed by atoms with E-state index in [2.05, 4.69) is 10.6 Å². The standard InChI is InChI=1S/C19H20ClN3O3/c1-19(2)11-26-16-8-7-14(10-15(16)23(3)17(19)24)22-18(25)21-13-6-4-5-12(20)9-13/h4-10H,11H2,1-3H3,(H2,21,22,25). The largest absolute Gasteiger partial charge is 0.490 e. The lowest BCUT2D eigenvalue weighted by Crippen LogP contribution is -2.39. The van der Waals surface area contributed by atoms with Crippen LogP contribution >= 0.6 is 11.6 Å². The van der Waals surface area contributed by atoms with Gasteiger partial charge in [0.25, 0.3) is 0 Å². The van der Waals surface area contributed by atoms with Crippen LogP contribution in [0.4, 0.5) is 21.9 Å². The molecule has 2 N–H and O–H groups in total. The van der Waals surface area contributed by atoms with Crippen molar-refractivity contribution in [3.8, 4) is 5.75 Å². The Kier molecular flexibility index (Phi) is 4.78. The van der Waals surface area contributed by atoms with E-state index in [1.165, 1.54) is 0 Å². The predicted molar refractivity (Wildman–Crippen MR) is 103 cm³/mol. The van der Waals surface area contributed by atoms with E-state index in [9.17, 15) is 9.59 Å². The number of amides is 3. The lowest BCUT2D eigenvalue weighted by atomic mass is 9.93. The summed E-state index contributed by atoms with van der Waals surface area (Å²) >= 11 is 5.91. The van der Waals surface area contributed by atoms with Gasteiger partial charge in [-0.05, 0) is 50.2 Å². The van der Waals surface area contributed by atoms with Crippen LogP contribution < -0.4 is 20.3 Å². The second kappa shape index (κ2) is 6.88. The molecule has 0 fully saturated rings. The summed E-state index contributed by atoms with van der Waals surface area (Å²) in [5, 5.41) is 6.00. The zero-order valence-corrected chi connectivity index (χ0v) is 15.6. The first-order valence-corrected chi connectivity index (χ1v) is 8.53. The average Bonchev–Trinajstić information content (AvgIpc) is 2.66. The van der Waals surface area contributed by atoms with E-state index in [0.717, 1.165) is 0 Å². The third kappa shape index (κ3) is 3.75. The Balaban J connectivity index is 1.78. The molecule has 1 aliphatic rings. The van der Waals surface area contributed by atoms with E-state index in [4.69, 9.17) is 16.3 Å². The van der Waals surface area contributed by atoms with Gasteiger partial charge in [-0.3, -0.25) is 4.79 Å². The summed E-state index contributed by atoms with van der Waals surface area (Å²) in [4.78, 5) is 26.3. The molecule has 2 aromatic rings. The summed E-state index contributed by atoms with van der Waals surface area (Å²) in [6.45, 7) is 3.98. The molecule has 0 saturated carbocycles. The molecule has 1 heterocycles. The minimum Gasteiger partial charge on any atom is -0.490 e. The van der Waals surface area contributed by atoms with Crippen LogP contribution in [0, 0.1) is 5.41 Å². The highest BCUT2D eigenvalue weighted by molar-refractivity contribution is 6.30. The van der Waals surface area contributed by atoms with Crippen molar-refractivity contribution in [3.63, 3.8) is 0 Å². The SMILES string of the molecule is CN1C(=O)C(C)(C)COc2ccc(NC(=O)Nc3cccc(Cl)c3)cc21. The van der Waals surface area contributed by atoms with E-state index < -0.39 is 11.4 Å². The average molecular weight is 374 g/mol. The van der Waals surface area contributed by atoms with Crippen molar-refractivity contribution >= 4 is 40.6 Å². The van der Waals surface area contributed by atoms with Gasteiger partial charge in [-0.25, -0.2) is 4.79 Å². The van der Waals surface area contributed by atoms with Crippen molar-refractivity contribution in [3.05, 3.63) is 47.5 Å². The molecule has 7 heteroatoms. The van der Waals surface area contributed by atoms with Crippen LogP contribution in [0.25, 0.3) is 0 Å². The number of rotatable bonds is 2.